The molecule has 0 aromatic heterocycles. The van der Waals surface area contributed by atoms with Crippen LogP contribution in [0, 0.1) is 0 Å². The summed E-state index contributed by atoms with van der Waals surface area (Å²) in [6.45, 7) is -0.267. The Morgan fingerprint density at radius 2 is 1.41 bits per heavy atom. The monoisotopic (exact) mass is 430 g/mol. The molecule has 1 aliphatic rings. The number of aliphatic carboxylic acids is 1. The van der Waals surface area contributed by atoms with Crippen molar-refractivity contribution < 1.29 is 24.2 Å². The van der Waals surface area contributed by atoms with Crippen LogP contribution in [0.1, 0.15) is 28.7 Å². The quantitative estimate of drug-likeness (QED) is 0.532. The lowest BCUT2D eigenvalue weighted by Crippen LogP contribution is -2.41. The van der Waals surface area contributed by atoms with Crippen molar-refractivity contribution in [2.45, 2.75) is 12.0 Å². The van der Waals surface area contributed by atoms with Gasteiger partial charge in [-0.05, 0) is 27.8 Å². The summed E-state index contributed by atoms with van der Waals surface area (Å²) in [6, 6.07) is 23.1. The van der Waals surface area contributed by atoms with Gasteiger partial charge in [0.2, 0.25) is 5.91 Å². The molecule has 3 aromatic rings. The molecule has 0 aliphatic heterocycles. The topological polar surface area (TPSA) is 105 Å². The number of carboxylic acid groups (broad SMARTS) is 1. The fourth-order valence-electron chi connectivity index (χ4n) is 3.95. The van der Waals surface area contributed by atoms with E-state index in [-0.39, 0.29) is 12.5 Å². The van der Waals surface area contributed by atoms with E-state index in [0.717, 1.165) is 22.3 Å². The van der Waals surface area contributed by atoms with E-state index in [1.54, 1.807) is 30.3 Å². The van der Waals surface area contributed by atoms with Crippen molar-refractivity contribution in [1.29, 1.82) is 0 Å². The van der Waals surface area contributed by atoms with Crippen LogP contribution in [0.25, 0.3) is 11.1 Å². The molecule has 0 heterocycles. The molecule has 3 aromatic carbocycles. The molecule has 2 amide bonds. The molecular weight excluding hydrogens is 408 g/mol. The Balaban J connectivity index is 1.32. The van der Waals surface area contributed by atoms with E-state index in [2.05, 4.69) is 10.6 Å². The highest BCUT2D eigenvalue weighted by molar-refractivity contribution is 5.87. The first-order valence-corrected chi connectivity index (χ1v) is 10.2. The van der Waals surface area contributed by atoms with Crippen molar-refractivity contribution in [3.8, 4) is 11.1 Å². The van der Waals surface area contributed by atoms with Crippen LogP contribution in [0.3, 0.4) is 0 Å². The van der Waals surface area contributed by atoms with E-state index in [1.165, 1.54) is 0 Å². The molecule has 0 saturated heterocycles. The molecule has 0 fully saturated rings. The highest BCUT2D eigenvalue weighted by Crippen LogP contribution is 2.44. The summed E-state index contributed by atoms with van der Waals surface area (Å²) >= 11 is 0. The maximum atomic E-state index is 12.2. The number of hydrogen-bond acceptors (Lipinski definition) is 4. The van der Waals surface area contributed by atoms with Crippen LogP contribution in [0.4, 0.5) is 4.79 Å². The van der Waals surface area contributed by atoms with Crippen molar-refractivity contribution in [2.75, 3.05) is 13.2 Å². The SMILES string of the molecule is O=C(CNC(=O)OCC1c2ccccc2-c2ccccc21)N[C@@H](C(=O)O)c1ccccc1. The van der Waals surface area contributed by atoms with E-state index in [9.17, 15) is 19.5 Å². The Hall–Kier alpha value is -4.13. The second-order valence-electron chi connectivity index (χ2n) is 7.43. The van der Waals surface area contributed by atoms with Gasteiger partial charge in [0.15, 0.2) is 6.04 Å². The summed E-state index contributed by atoms with van der Waals surface area (Å²) in [5.41, 5.74) is 4.86. The van der Waals surface area contributed by atoms with Gasteiger partial charge in [-0.15, -0.1) is 0 Å². The highest BCUT2D eigenvalue weighted by atomic mass is 16.5. The predicted octanol–water partition coefficient (Wildman–Crippen LogP) is 3.47. The number of rotatable bonds is 7. The molecule has 7 nitrogen and oxygen atoms in total. The minimum atomic E-state index is -1.20. The minimum absolute atomic E-state index is 0.0866. The molecular formula is C25H22N2O5. The van der Waals surface area contributed by atoms with E-state index < -0.39 is 30.6 Å². The van der Waals surface area contributed by atoms with E-state index in [4.69, 9.17) is 4.74 Å². The molecule has 0 unspecified atom stereocenters. The number of carboxylic acids is 1. The molecule has 0 radical (unpaired) electrons. The van der Waals surface area contributed by atoms with E-state index in [0.29, 0.717) is 5.56 Å². The van der Waals surface area contributed by atoms with E-state index >= 15 is 0 Å². The molecule has 1 aliphatic carbocycles. The van der Waals surface area contributed by atoms with Crippen molar-refractivity contribution in [3.05, 3.63) is 95.6 Å². The maximum Gasteiger partial charge on any atom is 0.407 e. The standard InChI is InChI=1S/C25H22N2O5/c28-22(27-23(24(29)30)16-8-2-1-3-9-16)14-26-25(31)32-15-21-19-12-6-4-10-17(19)18-11-5-7-13-20(18)21/h1-13,21,23H,14-15H2,(H,26,31)(H,27,28)(H,29,30)/t23-/m1/s1. The first-order valence-electron chi connectivity index (χ1n) is 10.2. The van der Waals surface area contributed by atoms with Gasteiger partial charge < -0.3 is 20.5 Å². The molecule has 32 heavy (non-hydrogen) atoms. The van der Waals surface area contributed by atoms with Gasteiger partial charge in [-0.25, -0.2) is 9.59 Å². The molecule has 3 N–H and O–H groups in total. The number of ether oxygens (including phenoxy) is 1. The average Bonchev–Trinajstić information content (AvgIpc) is 3.14. The van der Waals surface area contributed by atoms with Crippen LogP contribution in [0.2, 0.25) is 0 Å². The van der Waals surface area contributed by atoms with Crippen LogP contribution < -0.4 is 10.6 Å². The number of benzene rings is 3. The number of alkyl carbamates (subject to hydrolysis) is 1. The summed E-state index contributed by atoms with van der Waals surface area (Å²) < 4.78 is 5.38. The number of carbonyl (C=O) groups excluding carboxylic acids is 2. The third kappa shape index (κ3) is 4.46. The van der Waals surface area contributed by atoms with Crippen molar-refractivity contribution in [3.63, 3.8) is 0 Å². The third-order valence-electron chi connectivity index (χ3n) is 5.42. The van der Waals surface area contributed by atoms with Gasteiger partial charge in [-0.3, -0.25) is 4.79 Å². The number of fused-ring (bicyclic) bond motifs is 3. The Kier molecular flexibility index (Phi) is 6.17. The first kappa shape index (κ1) is 21.1. The van der Waals surface area contributed by atoms with Gasteiger partial charge in [0.05, 0.1) is 0 Å². The summed E-state index contributed by atoms with van der Waals surface area (Å²) in [4.78, 5) is 35.9. The van der Waals surface area contributed by atoms with Crippen LogP contribution in [0.5, 0.6) is 0 Å². The van der Waals surface area contributed by atoms with Crippen molar-refractivity contribution >= 4 is 18.0 Å². The fourth-order valence-corrected chi connectivity index (χ4v) is 3.95. The van der Waals surface area contributed by atoms with Gasteiger partial charge >= 0.3 is 12.1 Å². The van der Waals surface area contributed by atoms with E-state index in [1.807, 2.05) is 48.5 Å². The van der Waals surface area contributed by atoms with Gasteiger partial charge in [0.1, 0.15) is 13.2 Å². The Bertz CT molecular complexity index is 1100. The van der Waals surface area contributed by atoms with Crippen LogP contribution >= 0.6 is 0 Å². The summed E-state index contributed by atoms with van der Waals surface area (Å²) in [5, 5.41) is 14.2. The minimum Gasteiger partial charge on any atom is -0.479 e. The zero-order chi connectivity index (χ0) is 22.5. The zero-order valence-corrected chi connectivity index (χ0v) is 17.2. The van der Waals surface area contributed by atoms with Gasteiger partial charge in [-0.2, -0.15) is 0 Å². The number of nitrogens with one attached hydrogen (secondary N) is 2. The normalized spacial score (nSPS) is 12.9. The van der Waals surface area contributed by atoms with Gasteiger partial charge in [0, 0.05) is 5.92 Å². The van der Waals surface area contributed by atoms with Crippen LogP contribution in [0.15, 0.2) is 78.9 Å². The number of amides is 2. The summed E-state index contributed by atoms with van der Waals surface area (Å²) in [7, 11) is 0. The average molecular weight is 430 g/mol. The number of hydrogen-bond donors (Lipinski definition) is 3. The first-order chi connectivity index (χ1) is 15.5. The molecule has 0 saturated carbocycles. The lowest BCUT2D eigenvalue weighted by molar-refractivity contribution is -0.141. The second-order valence-corrected chi connectivity index (χ2v) is 7.43. The van der Waals surface area contributed by atoms with Crippen LogP contribution in [-0.2, 0) is 14.3 Å². The molecule has 0 spiro atoms. The lowest BCUT2D eigenvalue weighted by atomic mass is 9.98. The molecule has 4 rings (SSSR count). The molecule has 7 heteroatoms. The second kappa shape index (κ2) is 9.34. The van der Waals surface area contributed by atoms with Crippen molar-refractivity contribution in [2.24, 2.45) is 0 Å². The Morgan fingerprint density at radius 3 is 2.00 bits per heavy atom. The van der Waals surface area contributed by atoms with Gasteiger partial charge in [0.25, 0.3) is 0 Å². The summed E-state index contributed by atoms with van der Waals surface area (Å²) in [5.74, 6) is -1.91. The Labute approximate surface area is 185 Å². The van der Waals surface area contributed by atoms with Crippen LogP contribution in [-0.4, -0.2) is 36.2 Å². The smallest absolute Gasteiger partial charge is 0.407 e. The molecule has 162 valence electrons. The fraction of sp³-hybridized carbons (Fsp3) is 0.160. The Morgan fingerprint density at radius 1 is 0.844 bits per heavy atom. The van der Waals surface area contributed by atoms with Gasteiger partial charge in [-0.1, -0.05) is 78.9 Å². The lowest BCUT2D eigenvalue weighted by Gasteiger charge is -2.16. The number of carbonyl (C=O) groups is 3. The summed E-state index contributed by atoms with van der Waals surface area (Å²) in [6.07, 6.45) is -0.742. The van der Waals surface area contributed by atoms with Crippen molar-refractivity contribution in [1.82, 2.24) is 10.6 Å². The maximum absolute atomic E-state index is 12.2. The largest absolute Gasteiger partial charge is 0.479 e. The highest BCUT2D eigenvalue weighted by Gasteiger charge is 2.29. The molecule has 0 bridgehead atoms. The molecule has 1 atom stereocenters. The zero-order valence-electron chi connectivity index (χ0n) is 17.2. The third-order valence-corrected chi connectivity index (χ3v) is 5.42. The predicted molar refractivity (Wildman–Crippen MR) is 118 cm³/mol.